The zero-order valence-electron chi connectivity index (χ0n) is 16.4. The van der Waals surface area contributed by atoms with Gasteiger partial charge in [0.05, 0.1) is 0 Å². The second kappa shape index (κ2) is 7.99. The molecule has 1 aliphatic heterocycles. The number of carbonyl (C=O) groups excluding carboxylic acids is 2. The van der Waals surface area contributed by atoms with Gasteiger partial charge in [0.25, 0.3) is 11.7 Å². The quantitative estimate of drug-likeness (QED) is 0.767. The maximum Gasteiger partial charge on any atom is 0.251 e. The molecule has 2 aromatic carbocycles. The Labute approximate surface area is 169 Å². The molecule has 1 spiro atoms. The molecule has 4 rings (SSSR count). The number of amides is 2. The maximum absolute atomic E-state index is 12.3. The molecular formula is C23H24N2O4. The summed E-state index contributed by atoms with van der Waals surface area (Å²) in [5.74, 6) is 0.502. The van der Waals surface area contributed by atoms with Crippen molar-refractivity contribution in [3.8, 4) is 11.5 Å². The Morgan fingerprint density at radius 2 is 1.69 bits per heavy atom. The van der Waals surface area contributed by atoms with Gasteiger partial charge in [-0.1, -0.05) is 18.6 Å². The number of fused-ring (bicyclic) bond motifs is 1. The lowest BCUT2D eigenvalue weighted by Gasteiger charge is -2.31. The van der Waals surface area contributed by atoms with Crippen molar-refractivity contribution in [2.45, 2.75) is 37.9 Å². The van der Waals surface area contributed by atoms with E-state index in [9.17, 15) is 9.59 Å². The van der Waals surface area contributed by atoms with E-state index in [2.05, 4.69) is 10.6 Å². The van der Waals surface area contributed by atoms with Gasteiger partial charge in [0.1, 0.15) is 0 Å². The van der Waals surface area contributed by atoms with Crippen LogP contribution in [0, 0.1) is 0 Å². The Morgan fingerprint density at radius 3 is 2.41 bits per heavy atom. The fraction of sp³-hybridized carbons (Fsp3) is 0.304. The SMILES string of the molecule is CNC(=O)c1ccc(/C=C\C(=O)Nc2ccc3c(c2)OC2(CCCCC2)O3)cc1. The van der Waals surface area contributed by atoms with Crippen LogP contribution in [0.25, 0.3) is 6.08 Å². The molecule has 1 heterocycles. The molecule has 0 saturated heterocycles. The molecule has 0 radical (unpaired) electrons. The zero-order valence-corrected chi connectivity index (χ0v) is 16.4. The average Bonchev–Trinajstić information content (AvgIpc) is 3.09. The largest absolute Gasteiger partial charge is 0.448 e. The highest BCUT2D eigenvalue weighted by Gasteiger charge is 2.42. The van der Waals surface area contributed by atoms with Crippen LogP contribution in [0.5, 0.6) is 11.5 Å². The van der Waals surface area contributed by atoms with Gasteiger partial charge in [-0.15, -0.1) is 0 Å². The highest BCUT2D eigenvalue weighted by molar-refractivity contribution is 6.02. The summed E-state index contributed by atoms with van der Waals surface area (Å²) in [6.45, 7) is 0. The topological polar surface area (TPSA) is 76.7 Å². The molecule has 0 unspecified atom stereocenters. The molecule has 6 nitrogen and oxygen atoms in total. The van der Waals surface area contributed by atoms with Crippen molar-refractivity contribution >= 4 is 23.6 Å². The average molecular weight is 392 g/mol. The molecule has 1 fully saturated rings. The minimum Gasteiger partial charge on any atom is -0.448 e. The summed E-state index contributed by atoms with van der Waals surface area (Å²) < 4.78 is 12.2. The van der Waals surface area contributed by atoms with E-state index in [1.807, 2.05) is 18.2 Å². The highest BCUT2D eigenvalue weighted by atomic mass is 16.7. The zero-order chi connectivity index (χ0) is 20.3. The number of hydrogen-bond donors (Lipinski definition) is 2. The lowest BCUT2D eigenvalue weighted by molar-refractivity contribution is -0.111. The summed E-state index contributed by atoms with van der Waals surface area (Å²) >= 11 is 0. The number of nitrogens with one attached hydrogen (secondary N) is 2. The summed E-state index contributed by atoms with van der Waals surface area (Å²) in [6, 6.07) is 12.5. The number of benzene rings is 2. The number of carbonyl (C=O) groups is 2. The van der Waals surface area contributed by atoms with E-state index < -0.39 is 5.79 Å². The summed E-state index contributed by atoms with van der Waals surface area (Å²) in [4.78, 5) is 23.8. The Morgan fingerprint density at radius 1 is 0.966 bits per heavy atom. The molecule has 6 heteroatoms. The standard InChI is InChI=1S/C23H24N2O4/c1-24-22(27)17-8-5-16(6-9-17)7-12-21(26)25-18-10-11-19-20(15-18)29-23(28-19)13-3-2-4-14-23/h5-12,15H,2-4,13-14H2,1H3,(H,24,27)(H,25,26)/b12-7-. The van der Waals surface area contributed by atoms with Crippen LogP contribution in [0.1, 0.15) is 48.0 Å². The van der Waals surface area contributed by atoms with Crippen molar-refractivity contribution < 1.29 is 19.1 Å². The molecule has 2 amide bonds. The third-order valence-electron chi connectivity index (χ3n) is 5.25. The van der Waals surface area contributed by atoms with Crippen molar-refractivity contribution in [1.82, 2.24) is 5.32 Å². The normalized spacial score (nSPS) is 16.7. The van der Waals surface area contributed by atoms with Crippen molar-refractivity contribution in [3.05, 3.63) is 59.7 Å². The first kappa shape index (κ1) is 19.1. The third kappa shape index (κ3) is 4.26. The second-order valence-electron chi connectivity index (χ2n) is 7.36. The smallest absolute Gasteiger partial charge is 0.251 e. The fourth-order valence-electron chi connectivity index (χ4n) is 3.71. The highest BCUT2D eigenvalue weighted by Crippen LogP contribution is 2.46. The molecule has 0 bridgehead atoms. The van der Waals surface area contributed by atoms with E-state index in [0.717, 1.165) is 37.0 Å². The molecule has 29 heavy (non-hydrogen) atoms. The van der Waals surface area contributed by atoms with Crippen LogP contribution in [-0.2, 0) is 4.79 Å². The predicted octanol–water partition coefficient (Wildman–Crippen LogP) is 4.13. The Balaban J connectivity index is 1.38. The van der Waals surface area contributed by atoms with Crippen LogP contribution in [0.15, 0.2) is 48.5 Å². The lowest BCUT2D eigenvalue weighted by atomic mass is 9.94. The van der Waals surface area contributed by atoms with Gasteiger partial charge in [-0.3, -0.25) is 9.59 Å². The summed E-state index contributed by atoms with van der Waals surface area (Å²) in [5.41, 5.74) is 2.06. The van der Waals surface area contributed by atoms with E-state index in [1.54, 1.807) is 37.4 Å². The molecule has 2 N–H and O–H groups in total. The van der Waals surface area contributed by atoms with Gasteiger partial charge < -0.3 is 20.1 Å². The summed E-state index contributed by atoms with van der Waals surface area (Å²) in [7, 11) is 1.59. The summed E-state index contributed by atoms with van der Waals surface area (Å²) in [5, 5.41) is 5.42. The van der Waals surface area contributed by atoms with E-state index in [4.69, 9.17) is 9.47 Å². The summed E-state index contributed by atoms with van der Waals surface area (Å²) in [6.07, 6.45) is 8.37. The van der Waals surface area contributed by atoms with Gasteiger partial charge in [-0.05, 0) is 48.7 Å². The molecule has 0 aromatic heterocycles. The fourth-order valence-corrected chi connectivity index (χ4v) is 3.71. The van der Waals surface area contributed by atoms with Crippen LogP contribution in [0.2, 0.25) is 0 Å². The van der Waals surface area contributed by atoms with Gasteiger partial charge in [0.15, 0.2) is 11.5 Å². The van der Waals surface area contributed by atoms with Gasteiger partial charge in [0.2, 0.25) is 5.91 Å². The van der Waals surface area contributed by atoms with E-state index in [0.29, 0.717) is 17.0 Å². The minimum atomic E-state index is -0.524. The number of ether oxygens (including phenoxy) is 2. The molecule has 0 atom stereocenters. The van der Waals surface area contributed by atoms with E-state index >= 15 is 0 Å². The van der Waals surface area contributed by atoms with Gasteiger partial charge in [-0.2, -0.15) is 0 Å². The molecular weight excluding hydrogens is 368 g/mol. The van der Waals surface area contributed by atoms with Crippen molar-refractivity contribution in [3.63, 3.8) is 0 Å². The number of rotatable bonds is 4. The molecule has 2 aliphatic rings. The van der Waals surface area contributed by atoms with E-state index in [1.165, 1.54) is 12.5 Å². The Hall–Kier alpha value is -3.28. The number of hydrogen-bond acceptors (Lipinski definition) is 4. The first-order valence-electron chi connectivity index (χ1n) is 9.90. The van der Waals surface area contributed by atoms with Crippen molar-refractivity contribution in [2.24, 2.45) is 0 Å². The predicted molar refractivity (Wildman–Crippen MR) is 111 cm³/mol. The van der Waals surface area contributed by atoms with Gasteiger partial charge >= 0.3 is 0 Å². The lowest BCUT2D eigenvalue weighted by Crippen LogP contribution is -2.40. The first-order valence-corrected chi connectivity index (χ1v) is 9.90. The van der Waals surface area contributed by atoms with Crippen LogP contribution >= 0.6 is 0 Å². The Kier molecular flexibility index (Phi) is 5.25. The molecule has 1 saturated carbocycles. The van der Waals surface area contributed by atoms with Gasteiger partial charge in [0, 0.05) is 43.3 Å². The second-order valence-corrected chi connectivity index (χ2v) is 7.36. The van der Waals surface area contributed by atoms with Crippen LogP contribution in [-0.4, -0.2) is 24.6 Å². The van der Waals surface area contributed by atoms with Crippen molar-refractivity contribution in [1.29, 1.82) is 0 Å². The number of anilines is 1. The van der Waals surface area contributed by atoms with Gasteiger partial charge in [-0.25, -0.2) is 0 Å². The van der Waals surface area contributed by atoms with Crippen molar-refractivity contribution in [2.75, 3.05) is 12.4 Å². The molecule has 1 aliphatic carbocycles. The van der Waals surface area contributed by atoms with Crippen LogP contribution in [0.3, 0.4) is 0 Å². The molecule has 150 valence electrons. The first-order chi connectivity index (χ1) is 14.1. The van der Waals surface area contributed by atoms with E-state index in [-0.39, 0.29) is 11.8 Å². The Bertz CT molecular complexity index is 944. The minimum absolute atomic E-state index is 0.143. The van der Waals surface area contributed by atoms with Crippen LogP contribution in [0.4, 0.5) is 5.69 Å². The third-order valence-corrected chi connectivity index (χ3v) is 5.25. The maximum atomic E-state index is 12.3. The van der Waals surface area contributed by atoms with Crippen LogP contribution < -0.4 is 20.1 Å². The monoisotopic (exact) mass is 392 g/mol. The molecule has 2 aromatic rings.